The molecule has 2 fully saturated rings. The van der Waals surface area contributed by atoms with Gasteiger partial charge < -0.3 is 24.8 Å². The summed E-state index contributed by atoms with van der Waals surface area (Å²) in [5.41, 5.74) is 1.08. The highest BCUT2D eigenvalue weighted by Gasteiger charge is 2.25. The number of carbonyl (C=O) groups is 1. The summed E-state index contributed by atoms with van der Waals surface area (Å²) in [6.07, 6.45) is 1.99. The third kappa shape index (κ3) is 4.83. The highest BCUT2D eigenvalue weighted by Crippen LogP contribution is 2.15. The van der Waals surface area contributed by atoms with Gasteiger partial charge in [0.2, 0.25) is 0 Å². The highest BCUT2D eigenvalue weighted by atomic mass is 16.5. The Labute approximate surface area is 149 Å². The zero-order valence-corrected chi connectivity index (χ0v) is 15.4. The molecule has 3 rings (SSSR count). The summed E-state index contributed by atoms with van der Waals surface area (Å²) in [5.74, 6) is 0.994. The number of hydrogen-bond donors (Lipinski definition) is 1. The van der Waals surface area contributed by atoms with Crippen LogP contribution in [0.1, 0.15) is 19.4 Å². The van der Waals surface area contributed by atoms with E-state index in [1.165, 1.54) is 0 Å². The Morgan fingerprint density at radius 2 is 1.92 bits per heavy atom. The van der Waals surface area contributed by atoms with Crippen LogP contribution in [0.5, 0.6) is 0 Å². The minimum Gasteiger partial charge on any atom is -0.372 e. The van der Waals surface area contributed by atoms with Gasteiger partial charge in [-0.25, -0.2) is 9.78 Å². The summed E-state index contributed by atoms with van der Waals surface area (Å²) in [4.78, 5) is 23.4. The van der Waals surface area contributed by atoms with Crippen molar-refractivity contribution in [3.05, 3.63) is 23.9 Å². The molecular formula is C18H29N5O2. The van der Waals surface area contributed by atoms with E-state index in [1.807, 2.05) is 31.0 Å². The Balaban J connectivity index is 1.54. The molecule has 1 aromatic rings. The van der Waals surface area contributed by atoms with Crippen molar-refractivity contribution in [3.8, 4) is 0 Å². The van der Waals surface area contributed by atoms with Crippen LogP contribution >= 0.6 is 0 Å². The van der Waals surface area contributed by atoms with Crippen LogP contribution in [-0.2, 0) is 11.3 Å². The highest BCUT2D eigenvalue weighted by molar-refractivity contribution is 5.74. The Morgan fingerprint density at radius 1 is 1.24 bits per heavy atom. The fraction of sp³-hybridized carbons (Fsp3) is 0.667. The van der Waals surface area contributed by atoms with Crippen LogP contribution in [0.2, 0.25) is 0 Å². The molecule has 25 heavy (non-hydrogen) atoms. The molecule has 2 atom stereocenters. The van der Waals surface area contributed by atoms with Crippen LogP contribution in [0.3, 0.4) is 0 Å². The second-order valence-electron chi connectivity index (χ2n) is 7.13. The number of morpholine rings is 1. The Bertz CT molecular complexity index is 579. The zero-order valence-electron chi connectivity index (χ0n) is 15.4. The number of hydrogen-bond acceptors (Lipinski definition) is 5. The number of rotatable bonds is 3. The zero-order chi connectivity index (χ0) is 17.8. The maximum absolute atomic E-state index is 12.4. The number of ether oxygens (including phenoxy) is 1. The van der Waals surface area contributed by atoms with Gasteiger partial charge in [0.25, 0.3) is 0 Å². The number of nitrogens with zero attached hydrogens (tertiary/aromatic N) is 4. The van der Waals surface area contributed by atoms with Gasteiger partial charge in [0.15, 0.2) is 0 Å². The molecule has 0 spiro atoms. The minimum atomic E-state index is -0.0278. The molecule has 1 aromatic heterocycles. The van der Waals surface area contributed by atoms with Gasteiger partial charge >= 0.3 is 6.03 Å². The Hall–Kier alpha value is -1.86. The average molecular weight is 347 g/mol. The molecule has 0 saturated carbocycles. The van der Waals surface area contributed by atoms with E-state index in [0.717, 1.165) is 37.6 Å². The number of anilines is 1. The molecule has 138 valence electrons. The van der Waals surface area contributed by atoms with Crippen molar-refractivity contribution in [2.45, 2.75) is 32.6 Å². The first-order chi connectivity index (χ1) is 12.0. The van der Waals surface area contributed by atoms with Gasteiger partial charge in [0.1, 0.15) is 5.82 Å². The van der Waals surface area contributed by atoms with Crippen molar-refractivity contribution < 1.29 is 9.53 Å². The number of carbonyl (C=O) groups excluding carboxylic acids is 1. The fourth-order valence-electron chi connectivity index (χ4n) is 3.41. The molecule has 1 N–H and O–H groups in total. The molecular weight excluding hydrogens is 318 g/mol. The first-order valence-corrected chi connectivity index (χ1v) is 9.08. The van der Waals surface area contributed by atoms with E-state index in [2.05, 4.69) is 33.2 Å². The van der Waals surface area contributed by atoms with Crippen LogP contribution in [0.25, 0.3) is 0 Å². The summed E-state index contributed by atoms with van der Waals surface area (Å²) >= 11 is 0. The molecule has 0 aromatic carbocycles. The van der Waals surface area contributed by atoms with E-state index in [4.69, 9.17) is 4.74 Å². The number of piperazine rings is 1. The third-order valence-corrected chi connectivity index (χ3v) is 4.79. The summed E-state index contributed by atoms with van der Waals surface area (Å²) in [7, 11) is 2.14. The number of aromatic nitrogens is 1. The van der Waals surface area contributed by atoms with Gasteiger partial charge in [-0.05, 0) is 38.6 Å². The smallest absolute Gasteiger partial charge is 0.317 e. The van der Waals surface area contributed by atoms with Crippen molar-refractivity contribution in [2.24, 2.45) is 0 Å². The topological polar surface area (TPSA) is 60.9 Å². The SMILES string of the molecule is C[C@@H]1CN(C(=O)NCc2ccnc(N3CCN(C)CC3)c2)C[C@H](C)O1. The third-order valence-electron chi connectivity index (χ3n) is 4.79. The molecule has 3 heterocycles. The van der Waals surface area contributed by atoms with E-state index in [1.54, 1.807) is 0 Å². The number of urea groups is 1. The van der Waals surface area contributed by atoms with Gasteiger partial charge in [-0.15, -0.1) is 0 Å². The van der Waals surface area contributed by atoms with Gasteiger partial charge in [-0.1, -0.05) is 0 Å². The fourth-order valence-corrected chi connectivity index (χ4v) is 3.41. The molecule has 7 nitrogen and oxygen atoms in total. The van der Waals surface area contributed by atoms with E-state index in [0.29, 0.717) is 19.6 Å². The van der Waals surface area contributed by atoms with Gasteiger partial charge in [-0.2, -0.15) is 0 Å². The maximum atomic E-state index is 12.4. The quantitative estimate of drug-likeness (QED) is 0.889. The Morgan fingerprint density at radius 3 is 2.60 bits per heavy atom. The van der Waals surface area contributed by atoms with Gasteiger partial charge in [-0.3, -0.25) is 0 Å². The average Bonchev–Trinajstić information content (AvgIpc) is 2.60. The van der Waals surface area contributed by atoms with Gasteiger partial charge in [0.05, 0.1) is 12.2 Å². The molecule has 2 aliphatic rings. The molecule has 0 unspecified atom stereocenters. The lowest BCUT2D eigenvalue weighted by atomic mass is 10.2. The summed E-state index contributed by atoms with van der Waals surface area (Å²) in [6, 6.07) is 4.01. The van der Waals surface area contributed by atoms with Crippen molar-refractivity contribution in [1.29, 1.82) is 0 Å². The van der Waals surface area contributed by atoms with Crippen LogP contribution in [0.4, 0.5) is 10.6 Å². The summed E-state index contributed by atoms with van der Waals surface area (Å²) < 4.78 is 5.68. The largest absolute Gasteiger partial charge is 0.372 e. The second kappa shape index (κ2) is 8.01. The lowest BCUT2D eigenvalue weighted by Crippen LogP contribution is -2.51. The standard InChI is InChI=1S/C18H29N5O2/c1-14-12-23(13-15(2)25-14)18(24)20-11-16-4-5-19-17(10-16)22-8-6-21(3)7-9-22/h4-5,10,14-15H,6-9,11-13H2,1-3H3,(H,20,24)/t14-,15+. The second-order valence-corrected chi connectivity index (χ2v) is 7.13. The molecule has 7 heteroatoms. The molecule has 2 amide bonds. The van der Waals surface area contributed by atoms with Crippen molar-refractivity contribution in [2.75, 3.05) is 51.2 Å². The van der Waals surface area contributed by atoms with Crippen LogP contribution < -0.4 is 10.2 Å². The van der Waals surface area contributed by atoms with Crippen molar-refractivity contribution in [3.63, 3.8) is 0 Å². The maximum Gasteiger partial charge on any atom is 0.317 e. The summed E-state index contributed by atoms with van der Waals surface area (Å²) in [6.45, 7) is 9.88. The van der Waals surface area contributed by atoms with Crippen LogP contribution in [-0.4, -0.2) is 79.3 Å². The molecule has 2 aliphatic heterocycles. The number of pyridine rings is 1. The predicted molar refractivity (Wildman–Crippen MR) is 97.8 cm³/mol. The number of amides is 2. The molecule has 0 aliphatic carbocycles. The van der Waals surface area contributed by atoms with Crippen LogP contribution in [0.15, 0.2) is 18.3 Å². The predicted octanol–water partition coefficient (Wildman–Crippen LogP) is 1.15. The summed E-state index contributed by atoms with van der Waals surface area (Å²) in [5, 5.41) is 3.02. The first-order valence-electron chi connectivity index (χ1n) is 9.08. The van der Waals surface area contributed by atoms with Crippen molar-refractivity contribution >= 4 is 11.8 Å². The van der Waals surface area contributed by atoms with Gasteiger partial charge in [0, 0.05) is 52.0 Å². The number of likely N-dealkylation sites (N-methyl/N-ethyl adjacent to an activating group) is 1. The monoisotopic (exact) mass is 347 g/mol. The van der Waals surface area contributed by atoms with E-state index in [-0.39, 0.29) is 18.2 Å². The molecule has 0 bridgehead atoms. The Kier molecular flexibility index (Phi) is 5.75. The van der Waals surface area contributed by atoms with Crippen LogP contribution in [0, 0.1) is 0 Å². The lowest BCUT2D eigenvalue weighted by Gasteiger charge is -2.35. The van der Waals surface area contributed by atoms with E-state index < -0.39 is 0 Å². The number of nitrogens with one attached hydrogen (secondary N) is 1. The minimum absolute atomic E-state index is 0.0278. The first kappa shape index (κ1) is 17.9. The molecule has 0 radical (unpaired) electrons. The lowest BCUT2D eigenvalue weighted by molar-refractivity contribution is -0.0545. The van der Waals surface area contributed by atoms with E-state index >= 15 is 0 Å². The molecule has 2 saturated heterocycles. The normalized spacial score (nSPS) is 25.1. The van der Waals surface area contributed by atoms with E-state index in [9.17, 15) is 4.79 Å². The van der Waals surface area contributed by atoms with Crippen molar-refractivity contribution in [1.82, 2.24) is 20.1 Å².